The Morgan fingerprint density at radius 2 is 2.18 bits per heavy atom. The van der Waals surface area contributed by atoms with Gasteiger partial charge in [0.25, 0.3) is 6.43 Å². The van der Waals surface area contributed by atoms with Crippen LogP contribution in [0.1, 0.15) is 17.5 Å². The van der Waals surface area contributed by atoms with Gasteiger partial charge in [0, 0.05) is 12.0 Å². The van der Waals surface area contributed by atoms with E-state index in [1.165, 1.54) is 0 Å². The van der Waals surface area contributed by atoms with Gasteiger partial charge in [0.15, 0.2) is 0 Å². The number of hydrogen-bond donors (Lipinski definition) is 1. The monoisotopic (exact) mass is 240 g/mol. The molecule has 0 fully saturated rings. The molecule has 1 N–H and O–H groups in total. The Bertz CT molecular complexity index is 419. The zero-order valence-corrected chi connectivity index (χ0v) is 9.54. The van der Waals surface area contributed by atoms with Crippen molar-refractivity contribution in [2.24, 2.45) is 0 Å². The van der Waals surface area contributed by atoms with Gasteiger partial charge < -0.3 is 9.84 Å². The molecule has 0 amide bonds. The summed E-state index contributed by atoms with van der Waals surface area (Å²) < 4.78 is 28.8. The molecule has 0 aliphatic carbocycles. The van der Waals surface area contributed by atoms with Gasteiger partial charge in [0.2, 0.25) is 0 Å². The van der Waals surface area contributed by atoms with Gasteiger partial charge in [-0.2, -0.15) is 0 Å². The van der Waals surface area contributed by atoms with Crippen LogP contribution in [0.3, 0.4) is 0 Å². The van der Waals surface area contributed by atoms with E-state index in [-0.39, 0.29) is 6.61 Å². The van der Waals surface area contributed by atoms with E-state index in [1.54, 1.807) is 18.2 Å². The second kappa shape index (κ2) is 6.87. The Labute approximate surface area is 99.2 Å². The molecule has 0 bridgehead atoms. The Morgan fingerprint density at radius 1 is 1.41 bits per heavy atom. The van der Waals surface area contributed by atoms with E-state index >= 15 is 0 Å². The Kier molecular flexibility index (Phi) is 5.44. The second-order valence-corrected chi connectivity index (χ2v) is 3.45. The van der Waals surface area contributed by atoms with Crippen LogP contribution in [-0.2, 0) is 0 Å². The first kappa shape index (κ1) is 13.5. The maximum Gasteiger partial charge on any atom is 0.272 e. The van der Waals surface area contributed by atoms with Crippen molar-refractivity contribution in [3.8, 4) is 17.6 Å². The van der Waals surface area contributed by atoms with Gasteiger partial charge in [0.05, 0.1) is 6.61 Å². The van der Waals surface area contributed by atoms with E-state index < -0.39 is 13.0 Å². The van der Waals surface area contributed by atoms with E-state index in [4.69, 9.17) is 9.84 Å². The maximum atomic E-state index is 11.9. The molecule has 0 atom stereocenters. The summed E-state index contributed by atoms with van der Waals surface area (Å²) in [6.45, 7) is 1.26. The summed E-state index contributed by atoms with van der Waals surface area (Å²) >= 11 is 0. The fourth-order valence-corrected chi connectivity index (χ4v) is 1.24. The van der Waals surface area contributed by atoms with Crippen molar-refractivity contribution in [1.29, 1.82) is 0 Å². The molecule has 1 rings (SSSR count). The molecule has 0 aromatic heterocycles. The topological polar surface area (TPSA) is 29.5 Å². The van der Waals surface area contributed by atoms with Crippen molar-refractivity contribution in [1.82, 2.24) is 0 Å². The molecule has 0 unspecified atom stereocenters. The molecule has 0 aliphatic heterocycles. The minimum Gasteiger partial charge on any atom is -0.488 e. The molecular weight excluding hydrogens is 226 g/mol. The largest absolute Gasteiger partial charge is 0.488 e. The average Bonchev–Trinajstić information content (AvgIpc) is 2.29. The fourth-order valence-electron chi connectivity index (χ4n) is 1.24. The van der Waals surface area contributed by atoms with Crippen LogP contribution in [0.5, 0.6) is 5.75 Å². The van der Waals surface area contributed by atoms with E-state index in [0.29, 0.717) is 12.2 Å². The SMILES string of the molecule is Cc1cc(OCC(F)F)ccc1C#CCCO. The predicted octanol–water partition coefficient (Wildman–Crippen LogP) is 2.37. The van der Waals surface area contributed by atoms with Gasteiger partial charge in [-0.05, 0) is 30.7 Å². The lowest BCUT2D eigenvalue weighted by Gasteiger charge is -2.06. The van der Waals surface area contributed by atoms with E-state index in [2.05, 4.69) is 11.8 Å². The summed E-state index contributed by atoms with van der Waals surface area (Å²) in [6.07, 6.45) is -2.05. The highest BCUT2D eigenvalue weighted by Crippen LogP contribution is 2.17. The molecule has 0 heterocycles. The molecule has 17 heavy (non-hydrogen) atoms. The predicted molar refractivity (Wildman–Crippen MR) is 61.3 cm³/mol. The molecule has 92 valence electrons. The number of alkyl halides is 2. The molecule has 0 saturated carbocycles. The molecule has 0 spiro atoms. The number of halogens is 2. The van der Waals surface area contributed by atoms with Gasteiger partial charge in [0.1, 0.15) is 12.4 Å². The summed E-state index contributed by atoms with van der Waals surface area (Å²) in [4.78, 5) is 0. The van der Waals surface area contributed by atoms with Crippen molar-refractivity contribution in [2.45, 2.75) is 19.8 Å². The molecule has 1 aromatic carbocycles. The second-order valence-electron chi connectivity index (χ2n) is 3.45. The van der Waals surface area contributed by atoms with Crippen LogP contribution in [0.15, 0.2) is 18.2 Å². The summed E-state index contributed by atoms with van der Waals surface area (Å²) in [6, 6.07) is 5.00. The lowest BCUT2D eigenvalue weighted by atomic mass is 10.1. The van der Waals surface area contributed by atoms with Crippen LogP contribution in [-0.4, -0.2) is 24.7 Å². The normalized spacial score (nSPS) is 9.94. The van der Waals surface area contributed by atoms with Gasteiger partial charge >= 0.3 is 0 Å². The molecule has 1 aromatic rings. The standard InChI is InChI=1S/C13H14F2O2/c1-10-8-12(17-9-13(14)15)6-5-11(10)4-2-3-7-16/h5-6,8,13,16H,3,7,9H2,1H3. The number of rotatable bonds is 4. The smallest absolute Gasteiger partial charge is 0.272 e. The van der Waals surface area contributed by atoms with Gasteiger partial charge in [-0.25, -0.2) is 8.78 Å². The average molecular weight is 240 g/mol. The van der Waals surface area contributed by atoms with Crippen LogP contribution in [0.4, 0.5) is 8.78 Å². The highest BCUT2D eigenvalue weighted by molar-refractivity contribution is 5.44. The molecule has 0 radical (unpaired) electrons. The van der Waals surface area contributed by atoms with Crippen molar-refractivity contribution >= 4 is 0 Å². The number of aliphatic hydroxyl groups is 1. The van der Waals surface area contributed by atoms with Crippen LogP contribution >= 0.6 is 0 Å². The molecular formula is C13H14F2O2. The highest BCUT2D eigenvalue weighted by atomic mass is 19.3. The van der Waals surface area contributed by atoms with Gasteiger partial charge in [-0.15, -0.1) is 0 Å². The van der Waals surface area contributed by atoms with Crippen molar-refractivity contribution in [3.05, 3.63) is 29.3 Å². The quantitative estimate of drug-likeness (QED) is 0.819. The number of aryl methyl sites for hydroxylation is 1. The first-order valence-electron chi connectivity index (χ1n) is 5.25. The maximum absolute atomic E-state index is 11.9. The number of benzene rings is 1. The fraction of sp³-hybridized carbons (Fsp3) is 0.385. The Morgan fingerprint density at radius 3 is 2.76 bits per heavy atom. The Hall–Kier alpha value is -1.60. The van der Waals surface area contributed by atoms with Crippen LogP contribution in [0.2, 0.25) is 0 Å². The van der Waals surface area contributed by atoms with Crippen molar-refractivity contribution in [2.75, 3.05) is 13.2 Å². The van der Waals surface area contributed by atoms with Gasteiger partial charge in [-0.3, -0.25) is 0 Å². The lowest BCUT2D eigenvalue weighted by Crippen LogP contribution is -2.07. The zero-order chi connectivity index (χ0) is 12.7. The Balaban J connectivity index is 2.70. The van der Waals surface area contributed by atoms with Crippen LogP contribution in [0, 0.1) is 18.8 Å². The first-order chi connectivity index (χ1) is 8.13. The van der Waals surface area contributed by atoms with Gasteiger partial charge in [-0.1, -0.05) is 11.8 Å². The minimum absolute atomic E-state index is 0.0294. The first-order valence-corrected chi connectivity index (χ1v) is 5.25. The summed E-state index contributed by atoms with van der Waals surface area (Å²) in [5, 5.41) is 8.59. The van der Waals surface area contributed by atoms with E-state index in [9.17, 15) is 8.78 Å². The number of ether oxygens (including phenoxy) is 1. The minimum atomic E-state index is -2.47. The summed E-state index contributed by atoms with van der Waals surface area (Å²) in [7, 11) is 0. The van der Waals surface area contributed by atoms with E-state index in [0.717, 1.165) is 11.1 Å². The number of hydrogen-bond acceptors (Lipinski definition) is 2. The third kappa shape index (κ3) is 4.83. The third-order valence-corrected chi connectivity index (χ3v) is 2.03. The molecule has 2 nitrogen and oxygen atoms in total. The van der Waals surface area contributed by atoms with E-state index in [1.807, 2.05) is 6.92 Å². The van der Waals surface area contributed by atoms with Crippen molar-refractivity contribution in [3.63, 3.8) is 0 Å². The third-order valence-electron chi connectivity index (χ3n) is 2.03. The molecule has 4 heteroatoms. The van der Waals surface area contributed by atoms with Crippen LogP contribution < -0.4 is 4.74 Å². The zero-order valence-electron chi connectivity index (χ0n) is 9.54. The van der Waals surface area contributed by atoms with Crippen LogP contribution in [0.25, 0.3) is 0 Å². The summed E-state index contributed by atoms with van der Waals surface area (Å²) in [5.74, 6) is 6.11. The molecule has 0 saturated heterocycles. The lowest BCUT2D eigenvalue weighted by molar-refractivity contribution is 0.0819. The molecule has 0 aliphatic rings. The number of aliphatic hydroxyl groups excluding tert-OH is 1. The summed E-state index contributed by atoms with van der Waals surface area (Å²) in [5.41, 5.74) is 1.67. The van der Waals surface area contributed by atoms with Crippen molar-refractivity contribution < 1.29 is 18.6 Å². The highest BCUT2D eigenvalue weighted by Gasteiger charge is 2.04.